The van der Waals surface area contributed by atoms with E-state index in [9.17, 15) is 0 Å². The fourth-order valence-corrected chi connectivity index (χ4v) is 442. The Balaban J connectivity index is 4.10. The smallest absolute Gasteiger partial charge is 0.0305 e. The Morgan fingerprint density at radius 1 is 0.385 bits per heavy atom. The van der Waals surface area contributed by atoms with Crippen molar-refractivity contribution in [3.63, 3.8) is 0 Å². The van der Waals surface area contributed by atoms with Crippen molar-refractivity contribution in [3.05, 3.63) is 0 Å². The van der Waals surface area contributed by atoms with E-state index in [1.54, 1.807) is 0 Å². The molecule has 1 rings (SSSR count). The predicted molar refractivity (Wildman–Crippen MR) is 151 cm³/mol. The van der Waals surface area contributed by atoms with Crippen molar-refractivity contribution in [1.29, 1.82) is 0 Å². The SMILES string of the molecule is C[Si](C)(C)[Si-]([Si](C)(C)C)[Si]1(C)[Si](C)(C)[Si](C)(C)[Si](C)(C)[Si](C)(C)[Si]1(C)C. The lowest BCUT2D eigenvalue weighted by molar-refractivity contribution is 1.73. The molecule has 0 radical (unpaired) electrons. The van der Waals surface area contributed by atoms with Gasteiger partial charge in [0, 0.05) is 21.3 Å². The summed E-state index contributed by atoms with van der Waals surface area (Å²) < 4.78 is 0. The summed E-state index contributed by atoms with van der Waals surface area (Å²) in [6.45, 7) is 48.4. The van der Waals surface area contributed by atoms with Gasteiger partial charge >= 0.3 is 0 Å². The minimum atomic E-state index is -1.19. The highest BCUT2D eigenvalue weighted by atomic mass is 30.4. The van der Waals surface area contributed by atoms with Gasteiger partial charge in [-0.05, 0) is 14.2 Å². The van der Waals surface area contributed by atoms with E-state index in [4.69, 9.17) is 0 Å². The van der Waals surface area contributed by atoms with E-state index in [0.717, 1.165) is 0 Å². The number of rotatable bonds is 3. The molecule has 0 atom stereocenters. The van der Waals surface area contributed by atoms with E-state index in [1.165, 1.54) is 0 Å². The largest absolute Gasteiger partial charge is 0.256 e. The second-order valence-electron chi connectivity index (χ2n) is 14.1. The molecule has 0 aromatic heterocycles. The van der Waals surface area contributed by atoms with Crippen LogP contribution in [0.3, 0.4) is 0 Å². The van der Waals surface area contributed by atoms with Crippen LogP contribution in [-0.2, 0) is 0 Å². The van der Waals surface area contributed by atoms with Crippen LogP contribution in [0.1, 0.15) is 0 Å². The average Bonchev–Trinajstić information content (AvgIpc) is 2.32. The lowest BCUT2D eigenvalue weighted by Gasteiger charge is -2.82. The molecule has 0 amide bonds. The van der Waals surface area contributed by atoms with Crippen LogP contribution < -0.4 is 0 Å². The van der Waals surface area contributed by atoms with Crippen molar-refractivity contribution in [2.75, 3.05) is 0 Å². The molecule has 156 valence electrons. The predicted octanol–water partition coefficient (Wildman–Crippen LogP) is 6.50. The molecular formula is C17H51Si9-. The van der Waals surface area contributed by atoms with E-state index >= 15 is 0 Å². The quantitative estimate of drug-likeness (QED) is 0.382. The summed E-state index contributed by atoms with van der Waals surface area (Å²) in [6.07, 6.45) is 0. The molecule has 0 unspecified atom stereocenters. The minimum Gasteiger partial charge on any atom is -0.256 e. The Hall–Kier alpha value is 1.95. The summed E-state index contributed by atoms with van der Waals surface area (Å²) in [7, 11) is -7.95. The minimum absolute atomic E-state index is 0.146. The van der Waals surface area contributed by atoms with E-state index in [0.29, 0.717) is 0 Å². The van der Waals surface area contributed by atoms with Crippen LogP contribution in [0.4, 0.5) is 0 Å². The van der Waals surface area contributed by atoms with E-state index < -0.39 is 57.4 Å². The molecule has 0 aromatic carbocycles. The molecule has 9 heteroatoms. The Morgan fingerprint density at radius 3 is 0.769 bits per heavy atom. The van der Waals surface area contributed by atoms with Crippen molar-refractivity contribution in [1.82, 2.24) is 0 Å². The summed E-state index contributed by atoms with van der Waals surface area (Å²) in [6, 6.07) is 0. The van der Waals surface area contributed by atoms with Gasteiger partial charge in [0.25, 0.3) is 0 Å². The summed E-state index contributed by atoms with van der Waals surface area (Å²) in [5.41, 5.74) is 0. The second-order valence-corrected chi connectivity index (χ2v) is 119. The highest BCUT2D eigenvalue weighted by Crippen LogP contribution is 2.53. The molecule has 1 aliphatic heterocycles. The Morgan fingerprint density at radius 2 is 0.577 bits per heavy atom. The van der Waals surface area contributed by atoms with Crippen molar-refractivity contribution in [3.8, 4) is 0 Å². The van der Waals surface area contributed by atoms with Gasteiger partial charge in [-0.1, -0.05) is 105 Å². The maximum absolute atomic E-state index is 3.11. The van der Waals surface area contributed by atoms with Crippen LogP contribution in [0.15, 0.2) is 0 Å². The normalized spacial score (nSPS) is 28.8. The highest BCUT2D eigenvalue weighted by Gasteiger charge is 2.75. The Kier molecular flexibility index (Phi) is 6.47. The van der Waals surface area contributed by atoms with Crippen LogP contribution in [0.2, 0.25) is 111 Å². The van der Waals surface area contributed by atoms with Gasteiger partial charge in [-0.25, -0.2) is 0 Å². The van der Waals surface area contributed by atoms with E-state index in [-0.39, 0.29) is 7.35 Å². The van der Waals surface area contributed by atoms with Gasteiger partial charge < -0.3 is 0 Å². The highest BCUT2D eigenvalue weighted by molar-refractivity contribution is 8.24. The van der Waals surface area contributed by atoms with Gasteiger partial charge in [0.05, 0.1) is 0 Å². The molecule has 0 bridgehead atoms. The first-order valence-corrected chi connectivity index (χ1v) is 45.8. The Bertz CT molecular complexity index is 518. The van der Waals surface area contributed by atoms with Crippen molar-refractivity contribution < 1.29 is 0 Å². The lowest BCUT2D eigenvalue weighted by atomic mass is 11.8. The molecule has 1 aliphatic rings. The second kappa shape index (κ2) is 6.47. The molecule has 26 heavy (non-hydrogen) atoms. The van der Waals surface area contributed by atoms with Crippen LogP contribution >= 0.6 is 0 Å². The third kappa shape index (κ3) is 2.95. The fourth-order valence-electron chi connectivity index (χ4n) is 7.62. The molecule has 1 saturated heterocycles. The van der Waals surface area contributed by atoms with Crippen molar-refractivity contribution in [2.45, 2.75) is 111 Å². The molecule has 0 spiro atoms. The van der Waals surface area contributed by atoms with Crippen LogP contribution in [-0.4, -0.2) is 64.7 Å². The number of hydrogen-bond donors (Lipinski definition) is 0. The van der Waals surface area contributed by atoms with Crippen LogP contribution in [0, 0.1) is 0 Å². The zero-order chi connectivity index (χ0) is 21.6. The fraction of sp³-hybridized carbons (Fsp3) is 1.00. The summed E-state index contributed by atoms with van der Waals surface area (Å²) in [4.78, 5) is 0. The first-order chi connectivity index (χ1) is 10.9. The summed E-state index contributed by atoms with van der Waals surface area (Å²) >= 11 is 0. The zero-order valence-electron chi connectivity index (χ0n) is 21.5. The first-order valence-electron chi connectivity index (χ1n) is 10.8. The van der Waals surface area contributed by atoms with Gasteiger partial charge in [-0.3, -0.25) is 7.35 Å². The third-order valence-electron chi connectivity index (χ3n) is 10.8. The average molecular weight is 508 g/mol. The third-order valence-corrected chi connectivity index (χ3v) is 241. The molecule has 0 saturated carbocycles. The Labute approximate surface area is 175 Å². The molecular weight excluding hydrogens is 457 g/mol. The van der Waals surface area contributed by atoms with Crippen molar-refractivity contribution in [2.24, 2.45) is 0 Å². The topological polar surface area (TPSA) is 0 Å². The molecule has 1 fully saturated rings. The summed E-state index contributed by atoms with van der Waals surface area (Å²) in [5.74, 6) is 0. The lowest BCUT2D eigenvalue weighted by Crippen LogP contribution is -3.06. The number of hydrogen-bond acceptors (Lipinski definition) is 0. The first kappa shape index (κ1) is 26.0. The van der Waals surface area contributed by atoms with Crippen molar-refractivity contribution >= 4 is 64.7 Å². The molecule has 1 heterocycles. The van der Waals surface area contributed by atoms with Gasteiger partial charge in [-0.15, -0.1) is 28.4 Å². The maximum Gasteiger partial charge on any atom is 0.0305 e. The van der Waals surface area contributed by atoms with Crippen LogP contribution in [0.5, 0.6) is 0 Å². The molecule has 0 aliphatic carbocycles. The molecule has 0 N–H and O–H groups in total. The van der Waals surface area contributed by atoms with Gasteiger partial charge in [-0.2, -0.15) is 0 Å². The van der Waals surface area contributed by atoms with Crippen LogP contribution in [0.25, 0.3) is 0 Å². The zero-order valence-corrected chi connectivity index (χ0v) is 30.5. The molecule has 0 nitrogen and oxygen atoms in total. The van der Waals surface area contributed by atoms with E-state index in [1.807, 2.05) is 0 Å². The maximum atomic E-state index is 3.11. The molecule has 0 aromatic rings. The summed E-state index contributed by atoms with van der Waals surface area (Å²) in [5, 5.41) is 0. The van der Waals surface area contributed by atoms with E-state index in [2.05, 4.69) is 111 Å². The standard InChI is InChI=1S/C17H51Si9/c1-19(2,3)18(20(4,5)6)26(17)24(13,14)22(9,10)21(7,8)23(11,12)25(26,15)16/h1-17H3/q-1. The van der Waals surface area contributed by atoms with Gasteiger partial charge in [0.2, 0.25) is 0 Å². The monoisotopic (exact) mass is 507 g/mol. The van der Waals surface area contributed by atoms with Gasteiger partial charge in [0.15, 0.2) is 0 Å². The van der Waals surface area contributed by atoms with Gasteiger partial charge in [0.1, 0.15) is 0 Å².